The summed E-state index contributed by atoms with van der Waals surface area (Å²) in [7, 11) is 0. The topological polar surface area (TPSA) is 60.8 Å². The Balaban J connectivity index is 2.03. The normalized spacial score (nSPS) is 25.0. The number of hydrogen-bond donors (Lipinski definition) is 2. The first kappa shape index (κ1) is 11.9. The van der Waals surface area contributed by atoms with Crippen LogP contribution < -0.4 is 0 Å². The van der Waals surface area contributed by atoms with Crippen LogP contribution in [0.1, 0.15) is 18.9 Å². The number of phenolic OH excluding ortho intramolecular Hbond substituents is 1. The van der Waals surface area contributed by atoms with Crippen LogP contribution in [-0.2, 0) is 11.3 Å². The van der Waals surface area contributed by atoms with Gasteiger partial charge in [0, 0.05) is 12.6 Å². The number of aliphatic carboxylic acids is 1. The van der Waals surface area contributed by atoms with Crippen molar-refractivity contribution in [2.24, 2.45) is 5.92 Å². The third kappa shape index (κ3) is 2.58. The van der Waals surface area contributed by atoms with Gasteiger partial charge in [-0.2, -0.15) is 0 Å². The molecule has 4 heteroatoms. The molecule has 1 aromatic rings. The Morgan fingerprint density at radius 1 is 1.53 bits per heavy atom. The van der Waals surface area contributed by atoms with E-state index in [9.17, 15) is 9.90 Å². The van der Waals surface area contributed by atoms with Crippen molar-refractivity contribution in [2.45, 2.75) is 25.9 Å². The van der Waals surface area contributed by atoms with Gasteiger partial charge in [-0.25, -0.2) is 0 Å². The molecule has 0 aliphatic carbocycles. The van der Waals surface area contributed by atoms with Crippen molar-refractivity contribution in [1.29, 1.82) is 0 Å². The van der Waals surface area contributed by atoms with Crippen LogP contribution in [0.15, 0.2) is 24.3 Å². The molecule has 1 aromatic carbocycles. The number of carboxylic acids is 1. The molecule has 0 bridgehead atoms. The second-order valence-electron chi connectivity index (χ2n) is 4.61. The van der Waals surface area contributed by atoms with Crippen molar-refractivity contribution in [1.82, 2.24) is 4.90 Å². The fraction of sp³-hybridized carbons (Fsp3) is 0.462. The van der Waals surface area contributed by atoms with E-state index in [0.717, 1.165) is 12.1 Å². The molecule has 0 aromatic heterocycles. The molecule has 4 nitrogen and oxygen atoms in total. The highest BCUT2D eigenvalue weighted by molar-refractivity contribution is 5.71. The second-order valence-corrected chi connectivity index (χ2v) is 4.61. The van der Waals surface area contributed by atoms with E-state index in [1.807, 2.05) is 13.0 Å². The standard InChI is InChI=1S/C13H17NO3/c1-9-12(13(16)17)5-6-14(9)8-10-3-2-4-11(15)7-10/h2-4,7,9,12,15H,5-6,8H2,1H3,(H,16,17). The lowest BCUT2D eigenvalue weighted by Crippen LogP contribution is -2.32. The van der Waals surface area contributed by atoms with Crippen LogP contribution in [0, 0.1) is 5.92 Å². The highest BCUT2D eigenvalue weighted by Gasteiger charge is 2.35. The van der Waals surface area contributed by atoms with Crippen LogP contribution in [0.5, 0.6) is 5.75 Å². The minimum Gasteiger partial charge on any atom is -0.508 e. The third-order valence-corrected chi connectivity index (χ3v) is 3.50. The maximum absolute atomic E-state index is 11.0. The summed E-state index contributed by atoms with van der Waals surface area (Å²) in [4.78, 5) is 13.1. The highest BCUT2D eigenvalue weighted by atomic mass is 16.4. The maximum Gasteiger partial charge on any atom is 0.308 e. The van der Waals surface area contributed by atoms with Gasteiger partial charge >= 0.3 is 5.97 Å². The molecule has 1 heterocycles. The van der Waals surface area contributed by atoms with Gasteiger partial charge in [-0.1, -0.05) is 12.1 Å². The molecule has 0 radical (unpaired) electrons. The van der Waals surface area contributed by atoms with E-state index >= 15 is 0 Å². The quantitative estimate of drug-likeness (QED) is 0.837. The largest absolute Gasteiger partial charge is 0.508 e. The van der Waals surface area contributed by atoms with E-state index in [-0.39, 0.29) is 17.7 Å². The Bertz CT molecular complexity index is 419. The number of rotatable bonds is 3. The van der Waals surface area contributed by atoms with Gasteiger partial charge in [-0.3, -0.25) is 9.69 Å². The van der Waals surface area contributed by atoms with Crippen molar-refractivity contribution in [3.05, 3.63) is 29.8 Å². The molecule has 1 fully saturated rings. The van der Waals surface area contributed by atoms with E-state index in [4.69, 9.17) is 5.11 Å². The van der Waals surface area contributed by atoms with Gasteiger partial charge in [-0.05, 0) is 37.6 Å². The predicted octanol–water partition coefficient (Wildman–Crippen LogP) is 1.69. The van der Waals surface area contributed by atoms with Crippen LogP contribution in [0.25, 0.3) is 0 Å². The van der Waals surface area contributed by atoms with Gasteiger partial charge in [0.2, 0.25) is 0 Å². The molecule has 1 aliphatic rings. The molecular weight excluding hydrogens is 218 g/mol. The van der Waals surface area contributed by atoms with Crippen molar-refractivity contribution in [3.8, 4) is 5.75 Å². The molecular formula is C13H17NO3. The molecule has 0 amide bonds. The van der Waals surface area contributed by atoms with Crippen LogP contribution in [0.3, 0.4) is 0 Å². The maximum atomic E-state index is 11.0. The molecule has 17 heavy (non-hydrogen) atoms. The fourth-order valence-corrected chi connectivity index (χ4v) is 2.45. The molecule has 1 saturated heterocycles. The van der Waals surface area contributed by atoms with Gasteiger partial charge in [-0.15, -0.1) is 0 Å². The van der Waals surface area contributed by atoms with Gasteiger partial charge in [0.25, 0.3) is 0 Å². The molecule has 0 saturated carbocycles. The van der Waals surface area contributed by atoms with Crippen LogP contribution >= 0.6 is 0 Å². The first-order chi connectivity index (χ1) is 8.08. The zero-order chi connectivity index (χ0) is 12.4. The van der Waals surface area contributed by atoms with Crippen LogP contribution in [-0.4, -0.2) is 33.7 Å². The van der Waals surface area contributed by atoms with Crippen molar-refractivity contribution in [3.63, 3.8) is 0 Å². The molecule has 1 aliphatic heterocycles. The van der Waals surface area contributed by atoms with Crippen molar-refractivity contribution < 1.29 is 15.0 Å². The summed E-state index contributed by atoms with van der Waals surface area (Å²) in [6.45, 7) is 3.45. The Labute approximate surface area is 100 Å². The number of carboxylic acid groups (broad SMARTS) is 1. The van der Waals surface area contributed by atoms with E-state index in [1.165, 1.54) is 0 Å². The third-order valence-electron chi connectivity index (χ3n) is 3.50. The second kappa shape index (κ2) is 4.75. The summed E-state index contributed by atoms with van der Waals surface area (Å²) in [5.74, 6) is -0.729. The molecule has 2 atom stereocenters. The minimum atomic E-state index is -0.712. The van der Waals surface area contributed by atoms with Crippen molar-refractivity contribution in [2.75, 3.05) is 6.54 Å². The molecule has 2 N–H and O–H groups in total. The number of nitrogens with zero attached hydrogens (tertiary/aromatic N) is 1. The summed E-state index contributed by atoms with van der Waals surface area (Å²) in [5.41, 5.74) is 1.02. The Morgan fingerprint density at radius 2 is 2.29 bits per heavy atom. The predicted molar refractivity (Wildman–Crippen MR) is 63.7 cm³/mol. The number of hydrogen-bond acceptors (Lipinski definition) is 3. The van der Waals surface area contributed by atoms with Crippen LogP contribution in [0.4, 0.5) is 0 Å². The number of phenols is 1. The first-order valence-electron chi connectivity index (χ1n) is 5.82. The SMILES string of the molecule is CC1C(C(=O)O)CCN1Cc1cccc(O)c1. The van der Waals surface area contributed by atoms with Gasteiger partial charge < -0.3 is 10.2 Å². The summed E-state index contributed by atoms with van der Waals surface area (Å²) in [6, 6.07) is 7.16. The van der Waals surface area contributed by atoms with E-state index < -0.39 is 5.97 Å². The molecule has 2 rings (SSSR count). The lowest BCUT2D eigenvalue weighted by atomic mass is 10.0. The lowest BCUT2D eigenvalue weighted by molar-refractivity contribution is -0.142. The zero-order valence-electron chi connectivity index (χ0n) is 9.84. The Morgan fingerprint density at radius 3 is 2.88 bits per heavy atom. The molecule has 92 valence electrons. The van der Waals surface area contributed by atoms with Gasteiger partial charge in [0.05, 0.1) is 5.92 Å². The number of benzene rings is 1. The van der Waals surface area contributed by atoms with Gasteiger partial charge in [0.15, 0.2) is 0 Å². The monoisotopic (exact) mass is 235 g/mol. The number of aromatic hydroxyl groups is 1. The van der Waals surface area contributed by atoms with Crippen molar-refractivity contribution >= 4 is 5.97 Å². The fourth-order valence-electron chi connectivity index (χ4n) is 2.45. The lowest BCUT2D eigenvalue weighted by Gasteiger charge is -2.23. The van der Waals surface area contributed by atoms with E-state index in [2.05, 4.69) is 4.90 Å². The summed E-state index contributed by atoms with van der Waals surface area (Å²) < 4.78 is 0. The number of carbonyl (C=O) groups is 1. The molecule has 0 spiro atoms. The Kier molecular flexibility index (Phi) is 3.33. The van der Waals surface area contributed by atoms with Crippen LogP contribution in [0.2, 0.25) is 0 Å². The average Bonchev–Trinajstić information content (AvgIpc) is 2.61. The highest BCUT2D eigenvalue weighted by Crippen LogP contribution is 2.26. The Hall–Kier alpha value is -1.55. The first-order valence-corrected chi connectivity index (χ1v) is 5.82. The molecule has 2 unspecified atom stereocenters. The number of likely N-dealkylation sites (tertiary alicyclic amines) is 1. The summed E-state index contributed by atoms with van der Waals surface area (Å²) in [6.07, 6.45) is 0.704. The van der Waals surface area contributed by atoms with E-state index in [1.54, 1.807) is 18.2 Å². The summed E-state index contributed by atoms with van der Waals surface area (Å²) >= 11 is 0. The van der Waals surface area contributed by atoms with E-state index in [0.29, 0.717) is 13.0 Å². The summed E-state index contributed by atoms with van der Waals surface area (Å²) in [5, 5.41) is 18.4. The average molecular weight is 235 g/mol. The minimum absolute atomic E-state index is 0.0508. The van der Waals surface area contributed by atoms with Gasteiger partial charge in [0.1, 0.15) is 5.75 Å². The zero-order valence-corrected chi connectivity index (χ0v) is 9.84. The smallest absolute Gasteiger partial charge is 0.308 e.